The van der Waals surface area contributed by atoms with Gasteiger partial charge in [0.2, 0.25) is 5.78 Å². The Kier molecular flexibility index (Phi) is 10.7. The second-order valence-corrected chi connectivity index (χ2v) is 13.5. The highest BCUT2D eigenvalue weighted by Gasteiger charge is 2.27. The SMILES string of the molecule is CC.Cc1cc(N2CCN(C(=O)OC(C)(C)C)CC2)ncc1-c1cc(C(=O)c2nc3ccc(N4CCC(N(C)C)CC4)cc3[nH]2)ccn1. The summed E-state index contributed by atoms with van der Waals surface area (Å²) in [5.41, 5.74) is 5.31. The number of rotatable bonds is 6. The summed E-state index contributed by atoms with van der Waals surface area (Å²) in [6, 6.07) is 12.4. The van der Waals surface area contributed by atoms with Crippen molar-refractivity contribution in [2.45, 2.75) is 66.0 Å². The fourth-order valence-electron chi connectivity index (χ4n) is 6.22. The van der Waals surface area contributed by atoms with E-state index in [2.05, 4.69) is 55.9 Å². The van der Waals surface area contributed by atoms with Crippen LogP contribution >= 0.6 is 0 Å². The average molecular weight is 655 g/mol. The van der Waals surface area contributed by atoms with E-state index in [4.69, 9.17) is 9.72 Å². The van der Waals surface area contributed by atoms with Crippen LogP contribution in [0.3, 0.4) is 0 Å². The van der Waals surface area contributed by atoms with Crippen molar-refractivity contribution in [1.82, 2.24) is 29.7 Å². The molecule has 5 heterocycles. The van der Waals surface area contributed by atoms with Gasteiger partial charge in [-0.2, -0.15) is 0 Å². The van der Waals surface area contributed by atoms with E-state index in [1.165, 1.54) is 0 Å². The number of aryl methyl sites for hydroxylation is 1. The smallest absolute Gasteiger partial charge is 0.410 e. The molecule has 4 aromatic rings. The number of amides is 1. The van der Waals surface area contributed by atoms with Crippen LogP contribution in [0.15, 0.2) is 48.8 Å². The maximum atomic E-state index is 13.6. The number of aromatic nitrogens is 4. The highest BCUT2D eigenvalue weighted by atomic mass is 16.6. The van der Waals surface area contributed by atoms with E-state index in [0.29, 0.717) is 49.3 Å². The fourth-order valence-corrected chi connectivity index (χ4v) is 6.22. The molecule has 0 unspecified atom stereocenters. The summed E-state index contributed by atoms with van der Waals surface area (Å²) in [6.45, 7) is 16.1. The maximum absolute atomic E-state index is 13.6. The lowest BCUT2D eigenvalue weighted by Crippen LogP contribution is -2.50. The lowest BCUT2D eigenvalue weighted by molar-refractivity contribution is 0.0240. The quantitative estimate of drug-likeness (QED) is 0.244. The Morgan fingerprint density at radius 2 is 1.62 bits per heavy atom. The third-order valence-corrected chi connectivity index (χ3v) is 8.89. The lowest BCUT2D eigenvalue weighted by Gasteiger charge is -2.36. The van der Waals surface area contributed by atoms with Crippen LogP contribution in [0.1, 0.15) is 69.2 Å². The predicted molar refractivity (Wildman–Crippen MR) is 192 cm³/mol. The number of fused-ring (bicyclic) bond motifs is 1. The van der Waals surface area contributed by atoms with Crippen molar-refractivity contribution < 1.29 is 14.3 Å². The first kappa shape index (κ1) is 34.8. The molecule has 0 atom stereocenters. The van der Waals surface area contributed by atoms with Gasteiger partial charge in [-0.05, 0) is 96.6 Å². The predicted octanol–water partition coefficient (Wildman–Crippen LogP) is 6.17. The zero-order valence-electron chi connectivity index (χ0n) is 29.7. The molecule has 1 aromatic carbocycles. The zero-order valence-corrected chi connectivity index (χ0v) is 29.7. The number of hydrogen-bond acceptors (Lipinski definition) is 9. The van der Waals surface area contributed by atoms with E-state index < -0.39 is 5.60 Å². The van der Waals surface area contributed by atoms with Crippen molar-refractivity contribution in [2.75, 3.05) is 63.2 Å². The molecule has 2 fully saturated rings. The molecule has 1 amide bonds. The number of ketones is 1. The molecule has 0 bridgehead atoms. The Morgan fingerprint density at radius 1 is 0.917 bits per heavy atom. The van der Waals surface area contributed by atoms with Crippen LogP contribution in [0.5, 0.6) is 0 Å². The Bertz CT molecular complexity index is 1730. The van der Waals surface area contributed by atoms with Gasteiger partial charge < -0.3 is 29.3 Å². The maximum Gasteiger partial charge on any atom is 0.410 e. The third-order valence-electron chi connectivity index (χ3n) is 8.89. The summed E-state index contributed by atoms with van der Waals surface area (Å²) in [5.74, 6) is 0.977. The van der Waals surface area contributed by atoms with Gasteiger partial charge in [0.1, 0.15) is 11.4 Å². The summed E-state index contributed by atoms with van der Waals surface area (Å²) in [4.78, 5) is 51.9. The van der Waals surface area contributed by atoms with Gasteiger partial charge in [0, 0.05) is 74.5 Å². The van der Waals surface area contributed by atoms with Gasteiger partial charge >= 0.3 is 6.09 Å². The summed E-state index contributed by atoms with van der Waals surface area (Å²) in [5, 5.41) is 0. The molecule has 1 N–H and O–H groups in total. The number of ether oxygens (including phenoxy) is 1. The van der Waals surface area contributed by atoms with Crippen molar-refractivity contribution in [2.24, 2.45) is 0 Å². The van der Waals surface area contributed by atoms with Crippen molar-refractivity contribution in [3.05, 3.63) is 65.7 Å². The number of carbonyl (C=O) groups is 2. The lowest BCUT2D eigenvalue weighted by atomic mass is 10.0. The van der Waals surface area contributed by atoms with E-state index in [-0.39, 0.29) is 11.9 Å². The van der Waals surface area contributed by atoms with E-state index in [0.717, 1.165) is 59.6 Å². The minimum atomic E-state index is -0.516. The number of pyridine rings is 2. The molecule has 0 saturated carbocycles. The molecular formula is C37H50N8O3. The number of hydrogen-bond donors (Lipinski definition) is 1. The van der Waals surface area contributed by atoms with Crippen LogP contribution < -0.4 is 9.80 Å². The van der Waals surface area contributed by atoms with Gasteiger partial charge in [0.25, 0.3) is 0 Å². The number of piperazine rings is 1. The number of anilines is 2. The summed E-state index contributed by atoms with van der Waals surface area (Å²) < 4.78 is 5.52. The van der Waals surface area contributed by atoms with Crippen molar-refractivity contribution in [3.63, 3.8) is 0 Å². The van der Waals surface area contributed by atoms with Crippen molar-refractivity contribution in [3.8, 4) is 11.3 Å². The molecule has 3 aromatic heterocycles. The minimum Gasteiger partial charge on any atom is -0.444 e. The largest absolute Gasteiger partial charge is 0.444 e. The first-order chi connectivity index (χ1) is 22.9. The van der Waals surface area contributed by atoms with Gasteiger partial charge in [0.05, 0.1) is 16.7 Å². The summed E-state index contributed by atoms with van der Waals surface area (Å²) in [7, 11) is 4.30. The first-order valence-corrected chi connectivity index (χ1v) is 17.1. The number of imidazole rings is 1. The van der Waals surface area contributed by atoms with Crippen molar-refractivity contribution in [1.29, 1.82) is 0 Å². The van der Waals surface area contributed by atoms with E-state index in [1.54, 1.807) is 23.2 Å². The summed E-state index contributed by atoms with van der Waals surface area (Å²) >= 11 is 0. The van der Waals surface area contributed by atoms with Crippen LogP contribution in [0.2, 0.25) is 0 Å². The monoisotopic (exact) mass is 654 g/mol. The number of carbonyl (C=O) groups excluding carboxylic acids is 2. The Balaban J connectivity index is 0.00000221. The molecular weight excluding hydrogens is 604 g/mol. The van der Waals surface area contributed by atoms with Gasteiger partial charge in [0.15, 0.2) is 5.82 Å². The van der Waals surface area contributed by atoms with Gasteiger partial charge in [-0.15, -0.1) is 0 Å². The second-order valence-electron chi connectivity index (χ2n) is 13.5. The standard InChI is InChI=1S/C35H44N8O3.C2H6/c1-23-19-31(42-15-17-43(18-16-42)34(45)46-35(2,3)4)37-22-27(23)29-20-24(9-12-36-29)32(44)33-38-28-8-7-26(21-30(28)39-33)41-13-10-25(11-14-41)40(5)6;1-2/h7-9,12,19-22,25H,10-11,13-18H2,1-6H3,(H,38,39);1-2H3. The number of H-pyrrole nitrogens is 1. The van der Waals surface area contributed by atoms with Gasteiger partial charge in [-0.3, -0.25) is 9.78 Å². The molecule has 0 radical (unpaired) electrons. The second kappa shape index (κ2) is 14.7. The average Bonchev–Trinajstić information content (AvgIpc) is 3.52. The van der Waals surface area contributed by atoms with Crippen LogP contribution in [0.25, 0.3) is 22.3 Å². The van der Waals surface area contributed by atoms with Gasteiger partial charge in [-0.25, -0.2) is 14.8 Å². The molecule has 256 valence electrons. The molecule has 11 nitrogen and oxygen atoms in total. The number of piperidine rings is 1. The molecule has 2 aliphatic heterocycles. The third kappa shape index (κ3) is 7.95. The van der Waals surface area contributed by atoms with Crippen LogP contribution in [0, 0.1) is 6.92 Å². The molecule has 0 spiro atoms. The fraction of sp³-hybridized carbons (Fsp3) is 0.486. The Hall–Kier alpha value is -4.51. The van der Waals surface area contributed by atoms with E-state index in [9.17, 15) is 9.59 Å². The normalized spacial score (nSPS) is 15.8. The molecule has 2 aliphatic rings. The molecule has 2 saturated heterocycles. The first-order valence-electron chi connectivity index (χ1n) is 17.1. The van der Waals surface area contributed by atoms with Crippen LogP contribution in [0.4, 0.5) is 16.3 Å². The Morgan fingerprint density at radius 3 is 2.27 bits per heavy atom. The summed E-state index contributed by atoms with van der Waals surface area (Å²) in [6.07, 6.45) is 5.45. The van der Waals surface area contributed by atoms with E-state index in [1.807, 2.05) is 59.9 Å². The number of nitrogens with zero attached hydrogens (tertiary/aromatic N) is 7. The van der Waals surface area contributed by atoms with Crippen LogP contribution in [-0.4, -0.2) is 107 Å². The number of nitrogens with one attached hydrogen (secondary N) is 1. The molecule has 6 rings (SSSR count). The molecule has 0 aliphatic carbocycles. The molecule has 48 heavy (non-hydrogen) atoms. The Labute approximate surface area is 284 Å². The van der Waals surface area contributed by atoms with E-state index >= 15 is 0 Å². The topological polar surface area (TPSA) is 111 Å². The number of benzene rings is 1. The number of aromatic amines is 1. The molecule has 11 heteroatoms. The van der Waals surface area contributed by atoms with Gasteiger partial charge in [-0.1, -0.05) is 13.8 Å². The zero-order chi connectivity index (χ0) is 34.6. The highest BCUT2D eigenvalue weighted by molar-refractivity contribution is 6.08. The minimum absolute atomic E-state index is 0.182. The van der Waals surface area contributed by atoms with Crippen molar-refractivity contribution >= 4 is 34.4 Å². The highest BCUT2D eigenvalue weighted by Crippen LogP contribution is 2.28. The van der Waals surface area contributed by atoms with Crippen LogP contribution in [-0.2, 0) is 4.74 Å².